The van der Waals surface area contributed by atoms with Gasteiger partial charge in [0.1, 0.15) is 0 Å². The lowest BCUT2D eigenvalue weighted by molar-refractivity contribution is -0.119. The minimum absolute atomic E-state index is 0.263. The molecule has 11 heavy (non-hydrogen) atoms. The van der Waals surface area contributed by atoms with Crippen LogP contribution in [0.5, 0.6) is 0 Å². The van der Waals surface area contributed by atoms with Crippen LogP contribution in [0.15, 0.2) is 0 Å². The minimum Gasteiger partial charge on any atom is -0.356 e. The van der Waals surface area contributed by atoms with Crippen LogP contribution in [0, 0.1) is 11.3 Å². The molecule has 1 saturated carbocycles. The van der Waals surface area contributed by atoms with Crippen LogP contribution in [0.4, 0.5) is 0 Å². The molecule has 1 heterocycles. The van der Waals surface area contributed by atoms with Gasteiger partial charge in [0.2, 0.25) is 5.91 Å². The van der Waals surface area contributed by atoms with Gasteiger partial charge < -0.3 is 5.32 Å². The summed E-state index contributed by atoms with van der Waals surface area (Å²) in [7, 11) is 0. The second kappa shape index (κ2) is 2.23. The molecule has 2 heteroatoms. The molecule has 0 bridgehead atoms. The van der Waals surface area contributed by atoms with Crippen molar-refractivity contribution in [2.24, 2.45) is 11.3 Å². The SMILES string of the molecule is C[C@@H]1CCC[C@]12CNC(=O)C2. The summed E-state index contributed by atoms with van der Waals surface area (Å²) >= 11 is 0. The van der Waals surface area contributed by atoms with Gasteiger partial charge in [0.25, 0.3) is 0 Å². The highest BCUT2D eigenvalue weighted by molar-refractivity contribution is 5.79. The van der Waals surface area contributed by atoms with Crippen molar-refractivity contribution in [3.05, 3.63) is 0 Å². The van der Waals surface area contributed by atoms with Crippen molar-refractivity contribution in [1.82, 2.24) is 5.32 Å². The molecule has 2 nitrogen and oxygen atoms in total. The van der Waals surface area contributed by atoms with Gasteiger partial charge >= 0.3 is 0 Å². The van der Waals surface area contributed by atoms with E-state index in [4.69, 9.17) is 0 Å². The first-order valence-electron chi connectivity index (χ1n) is 4.50. The molecule has 62 valence electrons. The molecule has 1 N–H and O–H groups in total. The van der Waals surface area contributed by atoms with Crippen LogP contribution in [0.25, 0.3) is 0 Å². The summed E-state index contributed by atoms with van der Waals surface area (Å²) in [4.78, 5) is 11.0. The van der Waals surface area contributed by atoms with E-state index in [1.807, 2.05) is 0 Å². The first kappa shape index (κ1) is 7.14. The minimum atomic E-state index is 0.263. The molecule has 1 spiro atoms. The van der Waals surface area contributed by atoms with E-state index in [9.17, 15) is 4.79 Å². The third kappa shape index (κ3) is 0.959. The Hall–Kier alpha value is -0.530. The van der Waals surface area contributed by atoms with E-state index < -0.39 is 0 Å². The average Bonchev–Trinajstić information content (AvgIpc) is 2.46. The molecule has 0 aromatic carbocycles. The summed E-state index contributed by atoms with van der Waals surface area (Å²) in [6.45, 7) is 3.22. The molecule has 1 aliphatic carbocycles. The zero-order valence-corrected chi connectivity index (χ0v) is 7.02. The topological polar surface area (TPSA) is 29.1 Å². The summed E-state index contributed by atoms with van der Waals surface area (Å²) in [6.07, 6.45) is 4.67. The van der Waals surface area contributed by atoms with E-state index in [1.54, 1.807) is 0 Å². The highest BCUT2D eigenvalue weighted by atomic mass is 16.1. The highest BCUT2D eigenvalue weighted by Gasteiger charge is 2.45. The largest absolute Gasteiger partial charge is 0.356 e. The van der Waals surface area contributed by atoms with Crippen molar-refractivity contribution < 1.29 is 4.79 Å². The number of nitrogens with one attached hydrogen (secondary N) is 1. The number of rotatable bonds is 0. The van der Waals surface area contributed by atoms with Crippen molar-refractivity contribution in [1.29, 1.82) is 0 Å². The third-order valence-corrected chi connectivity index (χ3v) is 3.51. The number of carbonyl (C=O) groups excluding carboxylic acids is 1. The smallest absolute Gasteiger partial charge is 0.220 e. The molecule has 2 aliphatic rings. The van der Waals surface area contributed by atoms with Crippen LogP contribution in [0.1, 0.15) is 32.6 Å². The molecule has 0 aromatic heterocycles. The molecule has 0 radical (unpaired) electrons. The van der Waals surface area contributed by atoms with Crippen LogP contribution >= 0.6 is 0 Å². The monoisotopic (exact) mass is 153 g/mol. The maximum atomic E-state index is 11.0. The third-order valence-electron chi connectivity index (χ3n) is 3.51. The van der Waals surface area contributed by atoms with E-state index in [0.29, 0.717) is 5.41 Å². The molecule has 1 amide bonds. The molecule has 2 atom stereocenters. The zero-order chi connectivity index (χ0) is 7.90. The van der Waals surface area contributed by atoms with Crippen molar-refractivity contribution in [3.8, 4) is 0 Å². The Morgan fingerprint density at radius 2 is 2.45 bits per heavy atom. The van der Waals surface area contributed by atoms with Gasteiger partial charge in [0.15, 0.2) is 0 Å². The van der Waals surface area contributed by atoms with Crippen LogP contribution < -0.4 is 5.32 Å². The molecule has 0 aromatic rings. The predicted molar refractivity (Wildman–Crippen MR) is 43.1 cm³/mol. The fraction of sp³-hybridized carbons (Fsp3) is 0.889. The Balaban J connectivity index is 2.16. The van der Waals surface area contributed by atoms with E-state index in [1.165, 1.54) is 19.3 Å². The standard InChI is InChI=1S/C9H15NO/c1-7-3-2-4-9(7)5-8(11)10-6-9/h7H,2-6H2,1H3,(H,10,11)/t7-,9+/m1/s1. The van der Waals surface area contributed by atoms with Crippen LogP contribution in [0.3, 0.4) is 0 Å². The van der Waals surface area contributed by atoms with E-state index in [2.05, 4.69) is 12.2 Å². The lowest BCUT2D eigenvalue weighted by atomic mass is 9.78. The normalized spacial score (nSPS) is 43.4. The predicted octanol–water partition coefficient (Wildman–Crippen LogP) is 1.31. The van der Waals surface area contributed by atoms with Gasteiger partial charge in [-0.15, -0.1) is 0 Å². The summed E-state index contributed by atoms with van der Waals surface area (Å²) in [6, 6.07) is 0. The van der Waals surface area contributed by atoms with Crippen molar-refractivity contribution in [3.63, 3.8) is 0 Å². The first-order chi connectivity index (χ1) is 5.23. The van der Waals surface area contributed by atoms with Crippen molar-refractivity contribution >= 4 is 5.91 Å². The van der Waals surface area contributed by atoms with Gasteiger partial charge in [-0.05, 0) is 17.8 Å². The lowest BCUT2D eigenvalue weighted by Crippen LogP contribution is -2.26. The van der Waals surface area contributed by atoms with E-state index in [0.717, 1.165) is 18.9 Å². The molecule has 0 unspecified atom stereocenters. The van der Waals surface area contributed by atoms with Gasteiger partial charge in [-0.3, -0.25) is 4.79 Å². The molecule has 2 rings (SSSR count). The summed E-state index contributed by atoms with van der Waals surface area (Å²) < 4.78 is 0. The number of hydrogen-bond acceptors (Lipinski definition) is 1. The maximum Gasteiger partial charge on any atom is 0.220 e. The van der Waals surface area contributed by atoms with Gasteiger partial charge in [-0.1, -0.05) is 19.8 Å². The Labute approximate surface area is 67.4 Å². The molecular formula is C9H15NO. The lowest BCUT2D eigenvalue weighted by Gasteiger charge is -2.25. The Kier molecular flexibility index (Phi) is 1.44. The Morgan fingerprint density at radius 3 is 2.91 bits per heavy atom. The summed E-state index contributed by atoms with van der Waals surface area (Å²) in [5.41, 5.74) is 0.358. The van der Waals surface area contributed by atoms with Crippen LogP contribution in [0.2, 0.25) is 0 Å². The number of carbonyl (C=O) groups is 1. The quantitative estimate of drug-likeness (QED) is 0.558. The zero-order valence-electron chi connectivity index (χ0n) is 7.02. The first-order valence-corrected chi connectivity index (χ1v) is 4.50. The fourth-order valence-corrected chi connectivity index (χ4v) is 2.56. The highest BCUT2D eigenvalue weighted by Crippen LogP contribution is 2.47. The van der Waals surface area contributed by atoms with Crippen LogP contribution in [-0.4, -0.2) is 12.5 Å². The molecule has 2 fully saturated rings. The fourth-order valence-electron chi connectivity index (χ4n) is 2.56. The Bertz CT molecular complexity index is 190. The molecular weight excluding hydrogens is 138 g/mol. The average molecular weight is 153 g/mol. The van der Waals surface area contributed by atoms with Crippen molar-refractivity contribution in [2.75, 3.05) is 6.54 Å². The van der Waals surface area contributed by atoms with E-state index >= 15 is 0 Å². The maximum absolute atomic E-state index is 11.0. The van der Waals surface area contributed by atoms with Gasteiger partial charge in [0.05, 0.1) is 0 Å². The van der Waals surface area contributed by atoms with Crippen LogP contribution in [-0.2, 0) is 4.79 Å². The summed E-state index contributed by atoms with van der Waals surface area (Å²) in [5.74, 6) is 1.01. The molecule has 1 aliphatic heterocycles. The van der Waals surface area contributed by atoms with Gasteiger partial charge in [-0.25, -0.2) is 0 Å². The van der Waals surface area contributed by atoms with Gasteiger partial charge in [-0.2, -0.15) is 0 Å². The second-order valence-corrected chi connectivity index (χ2v) is 4.11. The molecule has 1 saturated heterocycles. The van der Waals surface area contributed by atoms with E-state index in [-0.39, 0.29) is 5.91 Å². The Morgan fingerprint density at radius 1 is 1.64 bits per heavy atom. The number of hydrogen-bond donors (Lipinski definition) is 1. The number of amides is 1. The van der Waals surface area contributed by atoms with Gasteiger partial charge in [0, 0.05) is 13.0 Å². The van der Waals surface area contributed by atoms with Crippen molar-refractivity contribution in [2.45, 2.75) is 32.6 Å². The summed E-state index contributed by atoms with van der Waals surface area (Å²) in [5, 5.41) is 2.94. The second-order valence-electron chi connectivity index (χ2n) is 4.11.